The van der Waals surface area contributed by atoms with E-state index in [1.807, 2.05) is 13.1 Å². The summed E-state index contributed by atoms with van der Waals surface area (Å²) >= 11 is 0. The monoisotopic (exact) mass is 220 g/mol. The fraction of sp³-hybridized carbons (Fsp3) is 0.538. The van der Waals surface area contributed by atoms with Crippen molar-refractivity contribution in [3.8, 4) is 0 Å². The van der Waals surface area contributed by atoms with E-state index in [9.17, 15) is 4.79 Å². The molecule has 0 N–H and O–H groups in total. The van der Waals surface area contributed by atoms with Gasteiger partial charge < -0.3 is 4.90 Å². The van der Waals surface area contributed by atoms with Gasteiger partial charge in [0.1, 0.15) is 5.82 Å². The number of pyridine rings is 1. The lowest BCUT2D eigenvalue weighted by atomic mass is 9.87. The molecule has 0 aromatic carbocycles. The molecule has 0 aliphatic heterocycles. The van der Waals surface area contributed by atoms with Crippen LogP contribution >= 0.6 is 0 Å². The Morgan fingerprint density at radius 3 is 2.38 bits per heavy atom. The molecule has 0 amide bonds. The minimum absolute atomic E-state index is 0.194. The zero-order valence-electron chi connectivity index (χ0n) is 10.7. The summed E-state index contributed by atoms with van der Waals surface area (Å²) in [5, 5.41) is 0. The van der Waals surface area contributed by atoms with Crippen LogP contribution in [0.25, 0.3) is 0 Å². The highest BCUT2D eigenvalue weighted by atomic mass is 16.1. The van der Waals surface area contributed by atoms with Crippen molar-refractivity contribution >= 4 is 12.1 Å². The first-order chi connectivity index (χ1) is 7.36. The Morgan fingerprint density at radius 1 is 1.38 bits per heavy atom. The third-order valence-electron chi connectivity index (χ3n) is 3.10. The Bertz CT molecular complexity index is 351. The van der Waals surface area contributed by atoms with Gasteiger partial charge in [-0.15, -0.1) is 0 Å². The molecule has 1 atom stereocenters. The summed E-state index contributed by atoms with van der Waals surface area (Å²) in [5.74, 6) is 0.896. The Morgan fingerprint density at radius 2 is 2.00 bits per heavy atom. The van der Waals surface area contributed by atoms with Gasteiger partial charge in [0.15, 0.2) is 6.29 Å². The normalized spacial score (nSPS) is 13.3. The van der Waals surface area contributed by atoms with Crippen molar-refractivity contribution < 1.29 is 4.79 Å². The van der Waals surface area contributed by atoms with Gasteiger partial charge in [0.2, 0.25) is 0 Å². The Balaban J connectivity index is 2.88. The van der Waals surface area contributed by atoms with Crippen LogP contribution in [-0.2, 0) is 0 Å². The molecule has 16 heavy (non-hydrogen) atoms. The molecule has 0 bridgehead atoms. The lowest BCUT2D eigenvalue weighted by Gasteiger charge is -2.36. The number of anilines is 1. The van der Waals surface area contributed by atoms with Crippen LogP contribution < -0.4 is 4.90 Å². The van der Waals surface area contributed by atoms with Gasteiger partial charge in [0, 0.05) is 24.8 Å². The molecular formula is C13H20N2O. The van der Waals surface area contributed by atoms with Crippen LogP contribution in [0.1, 0.15) is 38.1 Å². The van der Waals surface area contributed by atoms with Gasteiger partial charge >= 0.3 is 0 Å². The van der Waals surface area contributed by atoms with Gasteiger partial charge in [0.05, 0.1) is 0 Å². The molecule has 0 fully saturated rings. The molecule has 1 aromatic rings. The molecule has 0 aliphatic rings. The largest absolute Gasteiger partial charge is 0.356 e. The first-order valence-electron chi connectivity index (χ1n) is 5.50. The first kappa shape index (κ1) is 12.7. The third-order valence-corrected chi connectivity index (χ3v) is 3.10. The number of hydrogen-bond donors (Lipinski definition) is 0. The molecule has 3 nitrogen and oxygen atoms in total. The molecule has 1 heterocycles. The second-order valence-corrected chi connectivity index (χ2v) is 5.22. The van der Waals surface area contributed by atoms with E-state index >= 15 is 0 Å². The summed E-state index contributed by atoms with van der Waals surface area (Å²) in [6.45, 7) is 8.78. The molecule has 0 saturated heterocycles. The Labute approximate surface area is 97.5 Å². The number of nitrogens with zero attached hydrogens (tertiary/aromatic N) is 2. The predicted octanol–water partition coefficient (Wildman–Crippen LogP) is 2.76. The van der Waals surface area contributed by atoms with E-state index in [1.165, 1.54) is 0 Å². The molecule has 0 radical (unpaired) electrons. The van der Waals surface area contributed by atoms with Crippen molar-refractivity contribution in [1.29, 1.82) is 0 Å². The third kappa shape index (κ3) is 2.81. The highest BCUT2D eigenvalue weighted by Gasteiger charge is 2.24. The van der Waals surface area contributed by atoms with Gasteiger partial charge in [-0.1, -0.05) is 20.8 Å². The second kappa shape index (κ2) is 4.64. The van der Waals surface area contributed by atoms with Crippen molar-refractivity contribution in [3.05, 3.63) is 23.9 Å². The van der Waals surface area contributed by atoms with Gasteiger partial charge in [-0.25, -0.2) is 4.98 Å². The van der Waals surface area contributed by atoms with Gasteiger partial charge in [-0.3, -0.25) is 4.79 Å². The van der Waals surface area contributed by atoms with Crippen LogP contribution in [0.15, 0.2) is 18.3 Å². The molecule has 0 aliphatic carbocycles. The highest BCUT2D eigenvalue weighted by molar-refractivity contribution is 5.74. The Kier molecular flexibility index (Phi) is 3.68. The lowest BCUT2D eigenvalue weighted by Crippen LogP contribution is -2.39. The maximum Gasteiger partial charge on any atom is 0.151 e. The molecule has 1 aromatic heterocycles. The minimum Gasteiger partial charge on any atom is -0.356 e. The van der Waals surface area contributed by atoms with E-state index in [4.69, 9.17) is 0 Å². The molecule has 1 rings (SSSR count). The smallest absolute Gasteiger partial charge is 0.151 e. The van der Waals surface area contributed by atoms with E-state index in [-0.39, 0.29) is 5.41 Å². The zero-order chi connectivity index (χ0) is 12.3. The summed E-state index contributed by atoms with van der Waals surface area (Å²) < 4.78 is 0. The van der Waals surface area contributed by atoms with Crippen molar-refractivity contribution in [1.82, 2.24) is 4.98 Å². The number of carbonyl (C=O) groups is 1. The van der Waals surface area contributed by atoms with Crippen LogP contribution in [0.4, 0.5) is 5.82 Å². The SMILES string of the molecule is CC(N(C)c1ccc(C=O)cn1)C(C)(C)C. The number of carbonyl (C=O) groups excluding carboxylic acids is 1. The molecular weight excluding hydrogens is 200 g/mol. The van der Waals surface area contributed by atoms with Crippen LogP contribution in [0.3, 0.4) is 0 Å². The van der Waals surface area contributed by atoms with E-state index in [0.29, 0.717) is 11.6 Å². The number of aldehydes is 1. The molecule has 1 unspecified atom stereocenters. The number of hydrogen-bond acceptors (Lipinski definition) is 3. The standard InChI is InChI=1S/C13H20N2O/c1-10(13(2,3)4)15(5)12-7-6-11(9-16)8-14-12/h6-10H,1-5H3. The lowest BCUT2D eigenvalue weighted by molar-refractivity contribution is 0.112. The van der Waals surface area contributed by atoms with Crippen molar-refractivity contribution in [2.75, 3.05) is 11.9 Å². The molecule has 0 spiro atoms. The summed E-state index contributed by atoms with van der Waals surface area (Å²) in [5.41, 5.74) is 0.806. The number of rotatable bonds is 3. The fourth-order valence-corrected chi connectivity index (χ4v) is 1.46. The van der Waals surface area contributed by atoms with E-state index < -0.39 is 0 Å². The van der Waals surface area contributed by atoms with Crippen LogP contribution in [-0.4, -0.2) is 24.4 Å². The average molecular weight is 220 g/mol. The Hall–Kier alpha value is -1.38. The van der Waals surface area contributed by atoms with Crippen molar-refractivity contribution in [3.63, 3.8) is 0 Å². The fourth-order valence-electron chi connectivity index (χ4n) is 1.46. The first-order valence-corrected chi connectivity index (χ1v) is 5.50. The van der Waals surface area contributed by atoms with E-state index in [2.05, 4.69) is 37.6 Å². The van der Waals surface area contributed by atoms with Crippen molar-refractivity contribution in [2.45, 2.75) is 33.7 Å². The quantitative estimate of drug-likeness (QED) is 0.734. The van der Waals surface area contributed by atoms with Gasteiger partial charge in [0.25, 0.3) is 0 Å². The van der Waals surface area contributed by atoms with Gasteiger partial charge in [-0.2, -0.15) is 0 Å². The highest BCUT2D eigenvalue weighted by Crippen LogP contribution is 2.25. The zero-order valence-corrected chi connectivity index (χ0v) is 10.7. The predicted molar refractivity (Wildman–Crippen MR) is 66.9 cm³/mol. The topological polar surface area (TPSA) is 33.2 Å². The number of aromatic nitrogens is 1. The van der Waals surface area contributed by atoms with Crippen molar-refractivity contribution in [2.24, 2.45) is 5.41 Å². The summed E-state index contributed by atoms with van der Waals surface area (Å²) in [4.78, 5) is 16.9. The van der Waals surface area contributed by atoms with Crippen LogP contribution in [0.5, 0.6) is 0 Å². The molecule has 0 saturated carbocycles. The van der Waals surface area contributed by atoms with E-state index in [0.717, 1.165) is 12.1 Å². The summed E-state index contributed by atoms with van der Waals surface area (Å²) in [6, 6.07) is 4.05. The summed E-state index contributed by atoms with van der Waals surface area (Å²) in [7, 11) is 2.03. The second-order valence-electron chi connectivity index (χ2n) is 5.22. The van der Waals surface area contributed by atoms with Gasteiger partial charge in [-0.05, 0) is 24.5 Å². The summed E-state index contributed by atoms with van der Waals surface area (Å²) in [6.07, 6.45) is 2.41. The van der Waals surface area contributed by atoms with E-state index in [1.54, 1.807) is 12.3 Å². The average Bonchev–Trinajstić information content (AvgIpc) is 2.26. The molecule has 3 heteroatoms. The maximum absolute atomic E-state index is 10.5. The minimum atomic E-state index is 0.194. The van der Waals surface area contributed by atoms with Crippen LogP contribution in [0, 0.1) is 5.41 Å². The van der Waals surface area contributed by atoms with Crippen LogP contribution in [0.2, 0.25) is 0 Å². The maximum atomic E-state index is 10.5. The molecule has 88 valence electrons.